The molecule has 0 unspecified atom stereocenters. The van der Waals surface area contributed by atoms with Gasteiger partial charge in [0.05, 0.1) is 24.2 Å². The summed E-state index contributed by atoms with van der Waals surface area (Å²) in [6, 6.07) is 0. The van der Waals surface area contributed by atoms with Crippen LogP contribution in [0.5, 0.6) is 0 Å². The number of ether oxygens (including phenoxy) is 1. The SMILES string of the molecule is COC(=O)[C@H]1C[C@H]1B1OC(C)(C)C(C)(C)O1. The number of hydrogen-bond donors (Lipinski definition) is 0. The predicted molar refractivity (Wildman–Crippen MR) is 60.0 cm³/mol. The predicted octanol–water partition coefficient (Wildman–Crippen LogP) is 1.64. The van der Waals surface area contributed by atoms with E-state index in [4.69, 9.17) is 14.0 Å². The molecule has 1 saturated heterocycles. The smallest absolute Gasteiger partial charge is 0.462 e. The highest BCUT2D eigenvalue weighted by Gasteiger charge is 2.61. The van der Waals surface area contributed by atoms with Crippen molar-refractivity contribution < 1.29 is 18.8 Å². The third-order valence-corrected chi connectivity index (χ3v) is 3.96. The van der Waals surface area contributed by atoms with E-state index in [-0.39, 0.29) is 36.0 Å². The molecule has 2 atom stereocenters. The zero-order valence-corrected chi connectivity index (χ0v) is 10.6. The van der Waals surface area contributed by atoms with Gasteiger partial charge in [0.1, 0.15) is 0 Å². The van der Waals surface area contributed by atoms with Gasteiger partial charge in [-0.15, -0.1) is 0 Å². The maximum absolute atomic E-state index is 11.3. The summed E-state index contributed by atoms with van der Waals surface area (Å²) < 4.78 is 16.5. The summed E-state index contributed by atoms with van der Waals surface area (Å²) in [6.45, 7) is 8.07. The maximum Gasteiger partial charge on any atom is 0.462 e. The van der Waals surface area contributed by atoms with E-state index >= 15 is 0 Å². The fourth-order valence-corrected chi connectivity index (χ4v) is 2.00. The lowest BCUT2D eigenvalue weighted by molar-refractivity contribution is -0.142. The van der Waals surface area contributed by atoms with Crippen LogP contribution < -0.4 is 0 Å². The van der Waals surface area contributed by atoms with E-state index in [0.717, 1.165) is 6.42 Å². The number of methoxy groups -OCH3 is 1. The summed E-state index contributed by atoms with van der Waals surface area (Å²) in [7, 11) is 1.15. The van der Waals surface area contributed by atoms with Gasteiger partial charge in [-0.25, -0.2) is 0 Å². The standard InChI is InChI=1S/C11H19BO4/c1-10(2)11(3,4)16-12(15-10)8-6-7(8)9(13)14-5/h7-8H,6H2,1-5H3/t7-,8+/m0/s1. The molecule has 90 valence electrons. The molecule has 2 rings (SSSR count). The van der Waals surface area contributed by atoms with Crippen LogP contribution in [0.3, 0.4) is 0 Å². The topological polar surface area (TPSA) is 44.8 Å². The van der Waals surface area contributed by atoms with Crippen molar-refractivity contribution in [3.8, 4) is 0 Å². The van der Waals surface area contributed by atoms with E-state index in [1.54, 1.807) is 0 Å². The molecule has 0 aromatic heterocycles. The lowest BCUT2D eigenvalue weighted by Crippen LogP contribution is -2.41. The van der Waals surface area contributed by atoms with Crippen LogP contribution in [0.25, 0.3) is 0 Å². The Bertz CT molecular complexity index is 297. The summed E-state index contributed by atoms with van der Waals surface area (Å²) >= 11 is 0. The molecule has 0 spiro atoms. The molecule has 5 heteroatoms. The average molecular weight is 226 g/mol. The second kappa shape index (κ2) is 3.47. The fraction of sp³-hybridized carbons (Fsp3) is 0.909. The molecule has 0 bridgehead atoms. The van der Waals surface area contributed by atoms with E-state index in [9.17, 15) is 4.79 Å². The van der Waals surface area contributed by atoms with E-state index in [1.807, 2.05) is 27.7 Å². The van der Waals surface area contributed by atoms with Crippen molar-refractivity contribution in [2.75, 3.05) is 7.11 Å². The van der Waals surface area contributed by atoms with Gasteiger partial charge in [-0.3, -0.25) is 4.79 Å². The highest BCUT2D eigenvalue weighted by molar-refractivity contribution is 6.49. The normalized spacial score (nSPS) is 34.9. The number of carbonyl (C=O) groups excluding carboxylic acids is 1. The number of hydrogen-bond acceptors (Lipinski definition) is 4. The summed E-state index contributed by atoms with van der Waals surface area (Å²) in [4.78, 5) is 11.3. The minimum absolute atomic E-state index is 0.0419. The lowest BCUT2D eigenvalue weighted by Gasteiger charge is -2.32. The van der Waals surface area contributed by atoms with Crippen molar-refractivity contribution in [3.05, 3.63) is 0 Å². The minimum atomic E-state index is -0.319. The Balaban J connectivity index is 1.99. The Morgan fingerprint density at radius 2 is 1.75 bits per heavy atom. The van der Waals surface area contributed by atoms with Gasteiger partial charge in [-0.05, 0) is 34.1 Å². The van der Waals surface area contributed by atoms with Crippen molar-refractivity contribution in [2.45, 2.75) is 51.1 Å². The van der Waals surface area contributed by atoms with E-state index in [2.05, 4.69) is 0 Å². The zero-order valence-electron chi connectivity index (χ0n) is 10.6. The third kappa shape index (κ3) is 1.76. The highest BCUT2D eigenvalue weighted by atomic mass is 16.7. The average Bonchev–Trinajstić information content (AvgIpc) is 2.90. The largest absolute Gasteiger partial charge is 0.469 e. The van der Waals surface area contributed by atoms with Crippen molar-refractivity contribution in [1.82, 2.24) is 0 Å². The highest BCUT2D eigenvalue weighted by Crippen LogP contribution is 2.53. The van der Waals surface area contributed by atoms with Gasteiger partial charge in [0, 0.05) is 5.82 Å². The first-order chi connectivity index (χ1) is 7.28. The molecule has 0 aromatic carbocycles. The summed E-state index contributed by atoms with van der Waals surface area (Å²) in [5.74, 6) is -0.0343. The van der Waals surface area contributed by atoms with Crippen LogP contribution in [0.4, 0.5) is 0 Å². The van der Waals surface area contributed by atoms with E-state index in [1.165, 1.54) is 7.11 Å². The molecule has 16 heavy (non-hydrogen) atoms. The van der Waals surface area contributed by atoms with Crippen LogP contribution in [0.1, 0.15) is 34.1 Å². The van der Waals surface area contributed by atoms with E-state index < -0.39 is 0 Å². The fourth-order valence-electron chi connectivity index (χ4n) is 2.00. The molecule has 0 amide bonds. The van der Waals surface area contributed by atoms with Gasteiger partial charge < -0.3 is 14.0 Å². The van der Waals surface area contributed by atoms with Crippen LogP contribution in [-0.4, -0.2) is 31.4 Å². The summed E-state index contributed by atoms with van der Waals surface area (Å²) in [6.07, 6.45) is 0.809. The van der Waals surface area contributed by atoms with Crippen molar-refractivity contribution in [1.29, 1.82) is 0 Å². The Labute approximate surface area is 96.8 Å². The molecule has 0 N–H and O–H groups in total. The quantitative estimate of drug-likeness (QED) is 0.530. The molecule has 1 aliphatic carbocycles. The first-order valence-electron chi connectivity index (χ1n) is 5.72. The Morgan fingerprint density at radius 3 is 2.19 bits per heavy atom. The summed E-state index contributed by atoms with van der Waals surface area (Å²) in [5, 5.41) is 0. The minimum Gasteiger partial charge on any atom is -0.469 e. The van der Waals surface area contributed by atoms with Crippen molar-refractivity contribution >= 4 is 13.1 Å². The van der Waals surface area contributed by atoms with Gasteiger partial charge in [0.25, 0.3) is 0 Å². The first kappa shape index (κ1) is 11.9. The molecule has 1 aliphatic heterocycles. The van der Waals surface area contributed by atoms with Crippen LogP contribution >= 0.6 is 0 Å². The monoisotopic (exact) mass is 226 g/mol. The molecular formula is C11H19BO4. The van der Waals surface area contributed by atoms with Crippen LogP contribution in [-0.2, 0) is 18.8 Å². The Morgan fingerprint density at radius 1 is 1.25 bits per heavy atom. The van der Waals surface area contributed by atoms with Gasteiger partial charge in [0.2, 0.25) is 0 Å². The zero-order chi connectivity index (χ0) is 12.1. The van der Waals surface area contributed by atoms with Gasteiger partial charge in [-0.1, -0.05) is 0 Å². The van der Waals surface area contributed by atoms with Crippen molar-refractivity contribution in [3.63, 3.8) is 0 Å². The van der Waals surface area contributed by atoms with Crippen LogP contribution in [0.2, 0.25) is 5.82 Å². The second-order valence-electron chi connectivity index (χ2n) is 5.65. The van der Waals surface area contributed by atoms with Crippen LogP contribution in [0, 0.1) is 5.92 Å². The van der Waals surface area contributed by atoms with Gasteiger partial charge >= 0.3 is 13.1 Å². The van der Waals surface area contributed by atoms with Gasteiger partial charge in [-0.2, -0.15) is 0 Å². The first-order valence-corrected chi connectivity index (χ1v) is 5.72. The molecule has 1 heterocycles. The number of esters is 1. The molecule has 0 aromatic rings. The summed E-state index contributed by atoms with van der Waals surface area (Å²) in [5.41, 5.74) is -0.637. The Kier molecular flexibility index (Phi) is 2.59. The lowest BCUT2D eigenvalue weighted by atomic mass is 9.80. The molecule has 4 nitrogen and oxygen atoms in total. The maximum atomic E-state index is 11.3. The third-order valence-electron chi connectivity index (χ3n) is 3.96. The van der Waals surface area contributed by atoms with E-state index in [0.29, 0.717) is 0 Å². The second-order valence-corrected chi connectivity index (χ2v) is 5.65. The molecule has 2 fully saturated rings. The molecule has 2 aliphatic rings. The van der Waals surface area contributed by atoms with Crippen LogP contribution in [0.15, 0.2) is 0 Å². The molecule has 1 saturated carbocycles. The Hall–Kier alpha value is -0.545. The number of rotatable bonds is 2. The molecule has 0 radical (unpaired) electrons. The van der Waals surface area contributed by atoms with Gasteiger partial charge in [0.15, 0.2) is 0 Å². The van der Waals surface area contributed by atoms with Crippen molar-refractivity contribution in [2.24, 2.45) is 5.92 Å². The molecular weight excluding hydrogens is 207 g/mol. The number of carbonyl (C=O) groups is 1.